The monoisotopic (exact) mass is 308 g/mol. The summed E-state index contributed by atoms with van der Waals surface area (Å²) >= 11 is 5.84. The van der Waals surface area contributed by atoms with E-state index >= 15 is 0 Å². The number of carbonyl (C=O) groups is 1. The van der Waals surface area contributed by atoms with E-state index in [1.165, 1.54) is 36.4 Å². The predicted molar refractivity (Wildman–Crippen MR) is 75.7 cm³/mol. The Morgan fingerprint density at radius 1 is 1.29 bits per heavy atom. The number of benzene rings is 2. The fourth-order valence-electron chi connectivity index (χ4n) is 1.76. The van der Waals surface area contributed by atoms with Crippen LogP contribution in [0, 0.1) is 15.9 Å². The summed E-state index contributed by atoms with van der Waals surface area (Å²) in [5, 5.41) is 13.1. The van der Waals surface area contributed by atoms with Crippen LogP contribution in [0.15, 0.2) is 42.5 Å². The maximum atomic E-state index is 13.0. The van der Waals surface area contributed by atoms with Crippen LogP contribution in [0.1, 0.15) is 15.9 Å². The fraction of sp³-hybridized carbons (Fsp3) is 0.0714. The highest BCUT2D eigenvalue weighted by atomic mass is 35.5. The van der Waals surface area contributed by atoms with E-state index in [0.717, 1.165) is 0 Å². The molecule has 1 amide bonds. The molecule has 0 aliphatic rings. The van der Waals surface area contributed by atoms with Gasteiger partial charge in [-0.1, -0.05) is 29.8 Å². The molecule has 2 aromatic carbocycles. The summed E-state index contributed by atoms with van der Waals surface area (Å²) in [6.45, 7) is 0.0929. The minimum absolute atomic E-state index is 0.00210. The smallest absolute Gasteiger partial charge is 0.288 e. The average molecular weight is 309 g/mol. The molecule has 0 atom stereocenters. The lowest BCUT2D eigenvalue weighted by Crippen LogP contribution is -2.23. The molecule has 0 fully saturated rings. The number of nitrogens with one attached hydrogen (secondary N) is 1. The molecular weight excluding hydrogens is 299 g/mol. The Morgan fingerprint density at radius 3 is 2.67 bits per heavy atom. The van der Waals surface area contributed by atoms with E-state index in [4.69, 9.17) is 11.6 Å². The Balaban J connectivity index is 2.14. The number of nitro benzene ring substituents is 1. The molecule has 2 aromatic rings. The van der Waals surface area contributed by atoms with Crippen molar-refractivity contribution in [1.82, 2.24) is 5.32 Å². The molecule has 0 radical (unpaired) electrons. The molecular formula is C14H10ClFN2O3. The Morgan fingerprint density at radius 2 is 2.00 bits per heavy atom. The van der Waals surface area contributed by atoms with E-state index in [9.17, 15) is 19.3 Å². The van der Waals surface area contributed by atoms with Gasteiger partial charge in [0.1, 0.15) is 10.8 Å². The van der Waals surface area contributed by atoms with Gasteiger partial charge in [-0.05, 0) is 23.8 Å². The molecule has 1 N–H and O–H groups in total. The van der Waals surface area contributed by atoms with Crippen molar-refractivity contribution >= 4 is 23.2 Å². The molecule has 0 saturated heterocycles. The Labute approximate surface area is 124 Å². The molecule has 2 rings (SSSR count). The number of nitrogens with zero attached hydrogens (tertiary/aromatic N) is 1. The summed E-state index contributed by atoms with van der Waals surface area (Å²) in [6.07, 6.45) is 0. The number of carbonyl (C=O) groups excluding carboxylic acids is 1. The van der Waals surface area contributed by atoms with Crippen molar-refractivity contribution in [3.05, 3.63) is 74.5 Å². The topological polar surface area (TPSA) is 72.2 Å². The predicted octanol–water partition coefficient (Wildman–Crippen LogP) is 3.32. The van der Waals surface area contributed by atoms with Gasteiger partial charge in [-0.2, -0.15) is 0 Å². The van der Waals surface area contributed by atoms with Crippen molar-refractivity contribution in [2.45, 2.75) is 6.54 Å². The molecule has 0 unspecified atom stereocenters. The van der Waals surface area contributed by atoms with Gasteiger partial charge in [-0.25, -0.2) is 4.39 Å². The highest BCUT2D eigenvalue weighted by Crippen LogP contribution is 2.27. The number of hydrogen-bond acceptors (Lipinski definition) is 3. The minimum atomic E-state index is -0.661. The quantitative estimate of drug-likeness (QED) is 0.695. The van der Waals surface area contributed by atoms with E-state index < -0.39 is 16.6 Å². The molecule has 0 aliphatic heterocycles. The number of nitro groups is 1. The number of amides is 1. The summed E-state index contributed by atoms with van der Waals surface area (Å²) in [5.41, 5.74) is 0.238. The van der Waals surface area contributed by atoms with Crippen LogP contribution in [0.4, 0.5) is 10.1 Å². The van der Waals surface area contributed by atoms with E-state index in [1.54, 1.807) is 6.07 Å². The van der Waals surface area contributed by atoms with Gasteiger partial charge in [-0.15, -0.1) is 0 Å². The Hall–Kier alpha value is -2.47. The molecule has 0 saturated carbocycles. The maximum Gasteiger partial charge on any atom is 0.288 e. The SMILES string of the molecule is O=C(NCc1cccc(F)c1)c1cccc([N+](=O)[O-])c1Cl. The van der Waals surface area contributed by atoms with Crippen molar-refractivity contribution in [1.29, 1.82) is 0 Å². The fourth-order valence-corrected chi connectivity index (χ4v) is 2.04. The summed E-state index contributed by atoms with van der Waals surface area (Å²) in [6, 6.07) is 9.73. The van der Waals surface area contributed by atoms with Gasteiger partial charge in [0.2, 0.25) is 0 Å². The number of hydrogen-bond donors (Lipinski definition) is 1. The third kappa shape index (κ3) is 3.55. The van der Waals surface area contributed by atoms with Crippen LogP contribution >= 0.6 is 11.6 Å². The molecule has 5 nitrogen and oxygen atoms in total. The maximum absolute atomic E-state index is 13.0. The zero-order valence-electron chi connectivity index (χ0n) is 10.7. The first kappa shape index (κ1) is 14.9. The van der Waals surface area contributed by atoms with Crippen molar-refractivity contribution < 1.29 is 14.1 Å². The second kappa shape index (κ2) is 6.32. The minimum Gasteiger partial charge on any atom is -0.348 e. The third-order valence-electron chi connectivity index (χ3n) is 2.76. The van der Waals surface area contributed by atoms with Gasteiger partial charge >= 0.3 is 0 Å². The second-order valence-corrected chi connectivity index (χ2v) is 4.59. The first-order chi connectivity index (χ1) is 9.99. The molecule has 0 bridgehead atoms. The van der Waals surface area contributed by atoms with E-state index in [0.29, 0.717) is 5.56 Å². The van der Waals surface area contributed by atoms with Gasteiger partial charge in [0.25, 0.3) is 11.6 Å². The standard InChI is InChI=1S/C14H10ClFN2O3/c15-13-11(5-2-6-12(13)18(20)21)14(19)17-8-9-3-1-4-10(16)7-9/h1-7H,8H2,(H,17,19). The summed E-state index contributed by atoms with van der Waals surface area (Å²) in [5.74, 6) is -0.969. The van der Waals surface area contributed by atoms with E-state index in [2.05, 4.69) is 5.32 Å². The van der Waals surface area contributed by atoms with Gasteiger partial charge in [0, 0.05) is 12.6 Å². The molecule has 0 spiro atoms. The third-order valence-corrected chi connectivity index (χ3v) is 3.16. The van der Waals surface area contributed by atoms with Crippen LogP contribution in [0.2, 0.25) is 5.02 Å². The normalized spacial score (nSPS) is 10.2. The van der Waals surface area contributed by atoms with Crippen LogP contribution < -0.4 is 5.32 Å². The lowest BCUT2D eigenvalue weighted by atomic mass is 10.1. The molecule has 7 heteroatoms. The van der Waals surface area contributed by atoms with Crippen molar-refractivity contribution in [3.63, 3.8) is 0 Å². The largest absolute Gasteiger partial charge is 0.348 e. The lowest BCUT2D eigenvalue weighted by molar-refractivity contribution is -0.384. The first-order valence-corrected chi connectivity index (χ1v) is 6.32. The summed E-state index contributed by atoms with van der Waals surface area (Å²) in [4.78, 5) is 22.1. The molecule has 108 valence electrons. The zero-order valence-corrected chi connectivity index (χ0v) is 11.4. The van der Waals surface area contributed by atoms with Gasteiger partial charge < -0.3 is 5.32 Å². The van der Waals surface area contributed by atoms with Gasteiger partial charge in [0.15, 0.2) is 0 Å². The lowest BCUT2D eigenvalue weighted by Gasteiger charge is -2.07. The van der Waals surface area contributed by atoms with Crippen LogP contribution in [0.5, 0.6) is 0 Å². The van der Waals surface area contributed by atoms with E-state index in [-0.39, 0.29) is 22.8 Å². The van der Waals surface area contributed by atoms with Gasteiger partial charge in [-0.3, -0.25) is 14.9 Å². The van der Waals surface area contributed by atoms with Crippen LogP contribution in [-0.4, -0.2) is 10.8 Å². The van der Waals surface area contributed by atoms with Crippen molar-refractivity contribution in [2.24, 2.45) is 0 Å². The Kier molecular flexibility index (Phi) is 4.49. The van der Waals surface area contributed by atoms with E-state index in [1.807, 2.05) is 0 Å². The van der Waals surface area contributed by atoms with Crippen molar-refractivity contribution in [3.8, 4) is 0 Å². The highest BCUT2D eigenvalue weighted by Gasteiger charge is 2.19. The first-order valence-electron chi connectivity index (χ1n) is 5.94. The highest BCUT2D eigenvalue weighted by molar-refractivity contribution is 6.35. The number of halogens is 2. The van der Waals surface area contributed by atoms with Crippen molar-refractivity contribution in [2.75, 3.05) is 0 Å². The zero-order chi connectivity index (χ0) is 15.4. The summed E-state index contributed by atoms with van der Waals surface area (Å²) in [7, 11) is 0. The van der Waals surface area contributed by atoms with Crippen LogP contribution in [0.3, 0.4) is 0 Å². The van der Waals surface area contributed by atoms with Crippen LogP contribution in [-0.2, 0) is 6.54 Å². The summed E-state index contributed by atoms with van der Waals surface area (Å²) < 4.78 is 13.0. The van der Waals surface area contributed by atoms with Crippen LogP contribution in [0.25, 0.3) is 0 Å². The molecule has 21 heavy (non-hydrogen) atoms. The average Bonchev–Trinajstić information content (AvgIpc) is 2.45. The second-order valence-electron chi connectivity index (χ2n) is 4.21. The molecule has 0 aromatic heterocycles. The van der Waals surface area contributed by atoms with Gasteiger partial charge in [0.05, 0.1) is 10.5 Å². The molecule has 0 heterocycles. The number of rotatable bonds is 4. The molecule has 0 aliphatic carbocycles. The Bertz CT molecular complexity index is 706.